The number of nitrogens with zero attached hydrogens (tertiary/aromatic N) is 2. The van der Waals surface area contributed by atoms with Gasteiger partial charge in [0.2, 0.25) is 5.91 Å². The summed E-state index contributed by atoms with van der Waals surface area (Å²) in [6.07, 6.45) is 6.55. The summed E-state index contributed by atoms with van der Waals surface area (Å²) in [5.74, 6) is 0.545. The molecular weight excluding hydrogens is 300 g/mol. The quantitative estimate of drug-likeness (QED) is 0.775. The van der Waals surface area contributed by atoms with E-state index in [0.29, 0.717) is 12.2 Å². The third kappa shape index (κ3) is 2.97. The second-order valence-electron chi connectivity index (χ2n) is 6.18. The predicted molar refractivity (Wildman–Crippen MR) is 96.3 cm³/mol. The number of nitrogens with one attached hydrogen (secondary N) is 2. The van der Waals surface area contributed by atoms with E-state index in [1.165, 1.54) is 12.8 Å². The molecule has 4 rings (SSSR count). The van der Waals surface area contributed by atoms with Crippen molar-refractivity contribution in [1.82, 2.24) is 9.97 Å². The van der Waals surface area contributed by atoms with Gasteiger partial charge in [0.25, 0.3) is 0 Å². The van der Waals surface area contributed by atoms with Gasteiger partial charge in [0.15, 0.2) is 0 Å². The van der Waals surface area contributed by atoms with Crippen molar-refractivity contribution < 1.29 is 4.79 Å². The average Bonchev–Trinajstić information content (AvgIpc) is 3.26. The van der Waals surface area contributed by atoms with E-state index in [1.54, 1.807) is 0 Å². The fourth-order valence-corrected chi connectivity index (χ4v) is 3.26. The molecule has 122 valence electrons. The molecule has 1 aromatic carbocycles. The van der Waals surface area contributed by atoms with Crippen molar-refractivity contribution in [3.63, 3.8) is 0 Å². The van der Waals surface area contributed by atoms with Gasteiger partial charge in [-0.2, -0.15) is 0 Å². The number of rotatable bonds is 4. The maximum Gasteiger partial charge on any atom is 0.230 e. The Balaban J connectivity index is 1.42. The number of para-hydroxylation sites is 1. The van der Waals surface area contributed by atoms with Gasteiger partial charge >= 0.3 is 0 Å². The summed E-state index contributed by atoms with van der Waals surface area (Å²) in [5.41, 5.74) is 3.17. The van der Waals surface area contributed by atoms with Crippen molar-refractivity contribution in [3.8, 4) is 0 Å². The molecule has 2 N–H and O–H groups in total. The summed E-state index contributed by atoms with van der Waals surface area (Å²) in [5, 5.41) is 3.97. The van der Waals surface area contributed by atoms with E-state index < -0.39 is 0 Å². The first-order valence-corrected chi connectivity index (χ1v) is 8.35. The van der Waals surface area contributed by atoms with Crippen molar-refractivity contribution in [2.45, 2.75) is 19.3 Å². The van der Waals surface area contributed by atoms with E-state index in [1.807, 2.05) is 48.8 Å². The lowest BCUT2D eigenvalue weighted by molar-refractivity contribution is -0.115. The third-order valence-corrected chi connectivity index (χ3v) is 4.51. The topological polar surface area (TPSA) is 61.0 Å². The van der Waals surface area contributed by atoms with E-state index in [9.17, 15) is 4.79 Å². The molecule has 5 heteroatoms. The van der Waals surface area contributed by atoms with Crippen LogP contribution in [-0.4, -0.2) is 29.0 Å². The average molecular weight is 320 g/mol. The van der Waals surface area contributed by atoms with Crippen LogP contribution in [0, 0.1) is 0 Å². The predicted octanol–water partition coefficient (Wildman–Crippen LogP) is 3.34. The van der Waals surface area contributed by atoms with Gasteiger partial charge in [0.1, 0.15) is 5.82 Å². The van der Waals surface area contributed by atoms with Gasteiger partial charge in [-0.1, -0.05) is 18.2 Å². The molecule has 1 fully saturated rings. The molecule has 0 spiro atoms. The maximum atomic E-state index is 12.3. The number of carbonyl (C=O) groups is 1. The van der Waals surface area contributed by atoms with Crippen LogP contribution >= 0.6 is 0 Å². The van der Waals surface area contributed by atoms with E-state index in [2.05, 4.69) is 20.2 Å². The number of pyridine rings is 1. The lowest BCUT2D eigenvalue weighted by Crippen LogP contribution is -2.18. The first-order valence-electron chi connectivity index (χ1n) is 8.35. The van der Waals surface area contributed by atoms with Gasteiger partial charge in [-0.3, -0.25) is 4.79 Å². The van der Waals surface area contributed by atoms with Crippen LogP contribution in [-0.2, 0) is 11.2 Å². The van der Waals surface area contributed by atoms with Crippen molar-refractivity contribution in [2.75, 3.05) is 23.3 Å². The highest BCUT2D eigenvalue weighted by Crippen LogP contribution is 2.21. The SMILES string of the molecule is O=C(Cc1c[nH]c2ccccc12)Nc1ccc(N2CCCC2)cn1. The van der Waals surface area contributed by atoms with Crippen LogP contribution in [0.15, 0.2) is 48.8 Å². The van der Waals surface area contributed by atoms with Crippen LogP contribution in [0.5, 0.6) is 0 Å². The molecule has 1 aliphatic rings. The van der Waals surface area contributed by atoms with Gasteiger partial charge in [-0.25, -0.2) is 4.98 Å². The Labute approximate surface area is 140 Å². The first-order chi connectivity index (χ1) is 11.8. The zero-order valence-corrected chi connectivity index (χ0v) is 13.5. The smallest absolute Gasteiger partial charge is 0.230 e. The highest BCUT2D eigenvalue weighted by atomic mass is 16.1. The van der Waals surface area contributed by atoms with Gasteiger partial charge in [-0.05, 0) is 36.6 Å². The Hall–Kier alpha value is -2.82. The molecule has 0 saturated carbocycles. The van der Waals surface area contributed by atoms with Crippen LogP contribution in [0.25, 0.3) is 10.9 Å². The molecule has 0 aliphatic carbocycles. The number of hydrogen-bond donors (Lipinski definition) is 2. The minimum atomic E-state index is -0.0545. The number of hydrogen-bond acceptors (Lipinski definition) is 3. The molecule has 24 heavy (non-hydrogen) atoms. The second-order valence-corrected chi connectivity index (χ2v) is 6.18. The van der Waals surface area contributed by atoms with Gasteiger partial charge < -0.3 is 15.2 Å². The second kappa shape index (κ2) is 6.35. The Morgan fingerprint density at radius 1 is 1.17 bits per heavy atom. The lowest BCUT2D eigenvalue weighted by atomic mass is 10.1. The molecule has 3 heterocycles. The molecule has 2 aromatic heterocycles. The summed E-state index contributed by atoms with van der Waals surface area (Å²) in [6.45, 7) is 2.18. The van der Waals surface area contributed by atoms with E-state index >= 15 is 0 Å². The Morgan fingerprint density at radius 2 is 2.00 bits per heavy atom. The number of amides is 1. The largest absolute Gasteiger partial charge is 0.370 e. The number of fused-ring (bicyclic) bond motifs is 1. The fraction of sp³-hybridized carbons (Fsp3) is 0.263. The Kier molecular flexibility index (Phi) is 3.91. The van der Waals surface area contributed by atoms with Crippen molar-refractivity contribution >= 4 is 28.3 Å². The Bertz CT molecular complexity index is 847. The molecule has 1 amide bonds. The number of aromatic nitrogens is 2. The summed E-state index contributed by atoms with van der Waals surface area (Å²) in [4.78, 5) is 22.2. The van der Waals surface area contributed by atoms with E-state index in [0.717, 1.165) is 35.2 Å². The van der Waals surface area contributed by atoms with Crippen LogP contribution < -0.4 is 10.2 Å². The number of anilines is 2. The molecule has 5 nitrogen and oxygen atoms in total. The van der Waals surface area contributed by atoms with Gasteiger partial charge in [0.05, 0.1) is 18.3 Å². The fourth-order valence-electron chi connectivity index (χ4n) is 3.26. The molecule has 0 radical (unpaired) electrons. The summed E-state index contributed by atoms with van der Waals surface area (Å²) >= 11 is 0. The third-order valence-electron chi connectivity index (χ3n) is 4.51. The normalized spacial score (nSPS) is 14.2. The number of benzene rings is 1. The molecule has 0 unspecified atom stereocenters. The minimum absolute atomic E-state index is 0.0545. The number of aromatic amines is 1. The summed E-state index contributed by atoms with van der Waals surface area (Å²) in [7, 11) is 0. The molecule has 0 atom stereocenters. The Morgan fingerprint density at radius 3 is 2.79 bits per heavy atom. The van der Waals surface area contributed by atoms with Gasteiger partial charge in [0, 0.05) is 30.2 Å². The summed E-state index contributed by atoms with van der Waals surface area (Å²) < 4.78 is 0. The first kappa shape index (κ1) is 14.8. The van der Waals surface area contributed by atoms with Crippen LogP contribution in [0.4, 0.5) is 11.5 Å². The maximum absolute atomic E-state index is 12.3. The number of H-pyrrole nitrogens is 1. The highest BCUT2D eigenvalue weighted by molar-refractivity contribution is 5.95. The monoisotopic (exact) mass is 320 g/mol. The van der Waals surface area contributed by atoms with Crippen LogP contribution in [0.1, 0.15) is 18.4 Å². The minimum Gasteiger partial charge on any atom is -0.370 e. The molecular formula is C19H20N4O. The highest BCUT2D eigenvalue weighted by Gasteiger charge is 2.13. The standard InChI is InChI=1S/C19H20N4O/c24-19(11-14-12-20-17-6-2-1-5-16(14)17)22-18-8-7-15(13-21-18)23-9-3-4-10-23/h1-2,5-8,12-13,20H,3-4,9-11H2,(H,21,22,24). The zero-order chi connectivity index (χ0) is 16.4. The van der Waals surface area contributed by atoms with Gasteiger partial charge in [-0.15, -0.1) is 0 Å². The number of carbonyl (C=O) groups excluding carboxylic acids is 1. The van der Waals surface area contributed by atoms with E-state index in [-0.39, 0.29) is 5.91 Å². The molecule has 0 bridgehead atoms. The van der Waals surface area contributed by atoms with Crippen LogP contribution in [0.3, 0.4) is 0 Å². The lowest BCUT2D eigenvalue weighted by Gasteiger charge is -2.17. The van der Waals surface area contributed by atoms with Crippen molar-refractivity contribution in [3.05, 3.63) is 54.4 Å². The van der Waals surface area contributed by atoms with Crippen molar-refractivity contribution in [1.29, 1.82) is 0 Å². The van der Waals surface area contributed by atoms with E-state index in [4.69, 9.17) is 0 Å². The van der Waals surface area contributed by atoms with Crippen LogP contribution in [0.2, 0.25) is 0 Å². The molecule has 1 aliphatic heterocycles. The summed E-state index contributed by atoms with van der Waals surface area (Å²) in [6, 6.07) is 11.9. The van der Waals surface area contributed by atoms with Crippen molar-refractivity contribution in [2.24, 2.45) is 0 Å². The molecule has 1 saturated heterocycles. The molecule has 3 aromatic rings. The zero-order valence-electron chi connectivity index (χ0n) is 13.5.